The van der Waals surface area contributed by atoms with Crippen LogP contribution in [0.25, 0.3) is 0 Å². The minimum atomic E-state index is -0.00667. The molecule has 0 radical (unpaired) electrons. The second-order valence-corrected chi connectivity index (χ2v) is 4.48. The second kappa shape index (κ2) is 1.80. The molecule has 62 valence electrons. The maximum absolute atomic E-state index is 9.66. The van der Waals surface area contributed by atoms with E-state index in [9.17, 15) is 5.11 Å². The molecule has 0 aromatic rings. The summed E-state index contributed by atoms with van der Waals surface area (Å²) in [6, 6.07) is 0. The van der Waals surface area contributed by atoms with Crippen LogP contribution in [0.4, 0.5) is 0 Å². The average molecular weight is 154 g/mol. The Labute approximate surface area is 66.2 Å². The van der Waals surface area contributed by atoms with Gasteiger partial charge < -0.3 is 10.2 Å². The zero-order chi connectivity index (χ0) is 7.59. The van der Waals surface area contributed by atoms with Gasteiger partial charge in [-0.15, -0.1) is 0 Å². The van der Waals surface area contributed by atoms with Gasteiger partial charge in [0.1, 0.15) is 0 Å². The largest absolute Gasteiger partial charge is 0.396 e. The van der Waals surface area contributed by atoms with Gasteiger partial charge in [-0.05, 0) is 42.4 Å². The van der Waals surface area contributed by atoms with Crippen molar-refractivity contribution in [2.45, 2.75) is 18.9 Å². The van der Waals surface area contributed by atoms with Gasteiger partial charge in [0.05, 0.1) is 6.10 Å². The van der Waals surface area contributed by atoms with Crippen molar-refractivity contribution in [1.29, 1.82) is 0 Å². The second-order valence-electron chi connectivity index (χ2n) is 4.48. The normalized spacial score (nSPS) is 64.9. The van der Waals surface area contributed by atoms with Crippen molar-refractivity contribution in [3.63, 3.8) is 0 Å². The molecular formula is C9H14O2. The third-order valence-electron chi connectivity index (χ3n) is 4.13. The lowest BCUT2D eigenvalue weighted by molar-refractivity contribution is 0.0252. The first-order valence-corrected chi connectivity index (χ1v) is 4.62. The molecule has 0 spiro atoms. The minimum absolute atomic E-state index is 0.00667. The number of fused-ring (bicyclic) bond motifs is 1. The van der Waals surface area contributed by atoms with Crippen LogP contribution in [0.1, 0.15) is 12.8 Å². The number of hydrogen-bond acceptors (Lipinski definition) is 2. The topological polar surface area (TPSA) is 40.5 Å². The van der Waals surface area contributed by atoms with Crippen molar-refractivity contribution in [2.24, 2.45) is 29.6 Å². The lowest BCUT2D eigenvalue weighted by Crippen LogP contribution is -2.32. The van der Waals surface area contributed by atoms with E-state index in [0.29, 0.717) is 30.3 Å². The van der Waals surface area contributed by atoms with E-state index in [0.717, 1.165) is 12.3 Å². The molecule has 0 aromatic heterocycles. The highest BCUT2D eigenvalue weighted by Crippen LogP contribution is 2.68. The van der Waals surface area contributed by atoms with Crippen molar-refractivity contribution in [2.75, 3.05) is 6.61 Å². The van der Waals surface area contributed by atoms with Gasteiger partial charge in [0, 0.05) is 6.61 Å². The lowest BCUT2D eigenvalue weighted by atomic mass is 9.76. The molecular weight excluding hydrogens is 140 g/mol. The summed E-state index contributed by atoms with van der Waals surface area (Å²) in [5, 5.41) is 18.7. The average Bonchev–Trinajstić information content (AvgIpc) is 2.69. The van der Waals surface area contributed by atoms with E-state index < -0.39 is 0 Å². The molecule has 0 heterocycles. The van der Waals surface area contributed by atoms with Crippen LogP contribution < -0.4 is 0 Å². The van der Waals surface area contributed by atoms with E-state index in [2.05, 4.69) is 0 Å². The fraction of sp³-hybridized carbons (Fsp3) is 1.00. The van der Waals surface area contributed by atoms with Gasteiger partial charge in [-0.1, -0.05) is 0 Å². The molecule has 0 amide bonds. The van der Waals surface area contributed by atoms with Crippen molar-refractivity contribution < 1.29 is 10.2 Å². The zero-order valence-corrected chi connectivity index (χ0v) is 6.48. The van der Waals surface area contributed by atoms with Gasteiger partial charge >= 0.3 is 0 Å². The van der Waals surface area contributed by atoms with Crippen LogP contribution in [0, 0.1) is 29.6 Å². The highest BCUT2D eigenvalue weighted by molar-refractivity contribution is 5.15. The Balaban J connectivity index is 1.86. The van der Waals surface area contributed by atoms with Crippen LogP contribution in [0.15, 0.2) is 0 Å². The summed E-state index contributed by atoms with van der Waals surface area (Å²) in [7, 11) is 0. The van der Waals surface area contributed by atoms with Crippen molar-refractivity contribution in [1.82, 2.24) is 0 Å². The molecule has 4 aliphatic carbocycles. The van der Waals surface area contributed by atoms with Gasteiger partial charge in [0.25, 0.3) is 0 Å². The quantitative estimate of drug-likeness (QED) is 0.568. The molecule has 6 unspecified atom stereocenters. The van der Waals surface area contributed by atoms with Crippen LogP contribution in [-0.4, -0.2) is 22.9 Å². The highest BCUT2D eigenvalue weighted by Gasteiger charge is 2.67. The molecule has 0 aromatic carbocycles. The summed E-state index contributed by atoms with van der Waals surface area (Å²) in [5.41, 5.74) is 0. The van der Waals surface area contributed by atoms with Crippen LogP contribution in [0.3, 0.4) is 0 Å². The molecule has 2 nitrogen and oxygen atoms in total. The summed E-state index contributed by atoms with van der Waals surface area (Å²) in [6.45, 7) is 0.348. The molecule has 0 aliphatic heterocycles. The Bertz CT molecular complexity index is 188. The molecule has 4 aliphatic rings. The van der Waals surface area contributed by atoms with E-state index >= 15 is 0 Å². The molecule has 2 heteroatoms. The van der Waals surface area contributed by atoms with Crippen molar-refractivity contribution in [3.05, 3.63) is 0 Å². The van der Waals surface area contributed by atoms with Crippen molar-refractivity contribution in [3.8, 4) is 0 Å². The Morgan fingerprint density at radius 2 is 2.00 bits per heavy atom. The predicted octanol–water partition coefficient (Wildman–Crippen LogP) is 0.242. The standard InChI is InChI=1S/C9H14O2/c10-3-5-1-4-2-6-7(5)8(6)9(4)11/h4-11H,1-3H2. The highest BCUT2D eigenvalue weighted by atomic mass is 16.3. The van der Waals surface area contributed by atoms with E-state index in [1.807, 2.05) is 0 Å². The fourth-order valence-electron chi connectivity index (χ4n) is 3.67. The van der Waals surface area contributed by atoms with Gasteiger partial charge in [-0.25, -0.2) is 0 Å². The summed E-state index contributed by atoms with van der Waals surface area (Å²) < 4.78 is 0. The summed E-state index contributed by atoms with van der Waals surface area (Å²) >= 11 is 0. The third kappa shape index (κ3) is 0.611. The Hall–Kier alpha value is -0.0800. The first-order chi connectivity index (χ1) is 5.33. The Kier molecular flexibility index (Phi) is 1.06. The van der Waals surface area contributed by atoms with E-state index in [1.54, 1.807) is 0 Å². The van der Waals surface area contributed by atoms with Gasteiger partial charge in [0.2, 0.25) is 0 Å². The molecule has 4 bridgehead atoms. The maximum Gasteiger partial charge on any atom is 0.0602 e. The third-order valence-corrected chi connectivity index (χ3v) is 4.13. The number of aliphatic hydroxyl groups is 2. The summed E-state index contributed by atoms with van der Waals surface area (Å²) in [6.07, 6.45) is 2.32. The molecule has 6 atom stereocenters. The molecule has 11 heavy (non-hydrogen) atoms. The van der Waals surface area contributed by atoms with Gasteiger partial charge in [-0.2, -0.15) is 0 Å². The maximum atomic E-state index is 9.66. The molecule has 4 rings (SSSR count). The zero-order valence-electron chi connectivity index (χ0n) is 6.48. The minimum Gasteiger partial charge on any atom is -0.396 e. The van der Waals surface area contributed by atoms with Crippen molar-refractivity contribution >= 4 is 0 Å². The van der Waals surface area contributed by atoms with Crippen LogP contribution in [0.5, 0.6) is 0 Å². The fourth-order valence-corrected chi connectivity index (χ4v) is 3.67. The number of rotatable bonds is 1. The Morgan fingerprint density at radius 1 is 1.18 bits per heavy atom. The molecule has 4 saturated carbocycles. The SMILES string of the molecule is OCC1CC2CC3C1C3C2O. The monoisotopic (exact) mass is 154 g/mol. The van der Waals surface area contributed by atoms with E-state index in [4.69, 9.17) is 5.11 Å². The van der Waals surface area contributed by atoms with Crippen LogP contribution >= 0.6 is 0 Å². The van der Waals surface area contributed by atoms with Crippen LogP contribution in [-0.2, 0) is 0 Å². The smallest absolute Gasteiger partial charge is 0.0602 e. The lowest BCUT2D eigenvalue weighted by Gasteiger charge is -2.32. The number of hydrogen-bond donors (Lipinski definition) is 2. The van der Waals surface area contributed by atoms with Gasteiger partial charge in [0.15, 0.2) is 0 Å². The molecule has 2 N–H and O–H groups in total. The van der Waals surface area contributed by atoms with Crippen LogP contribution in [0.2, 0.25) is 0 Å². The number of aliphatic hydroxyl groups excluding tert-OH is 2. The predicted molar refractivity (Wildman–Crippen MR) is 39.8 cm³/mol. The van der Waals surface area contributed by atoms with E-state index in [-0.39, 0.29) is 6.10 Å². The molecule has 4 fully saturated rings. The first-order valence-electron chi connectivity index (χ1n) is 4.62. The summed E-state index contributed by atoms with van der Waals surface area (Å²) in [5.74, 6) is 3.14. The summed E-state index contributed by atoms with van der Waals surface area (Å²) in [4.78, 5) is 0. The molecule has 0 saturated heterocycles. The van der Waals surface area contributed by atoms with Gasteiger partial charge in [-0.3, -0.25) is 0 Å². The first kappa shape index (κ1) is 6.44. The van der Waals surface area contributed by atoms with E-state index in [1.165, 1.54) is 6.42 Å². The Morgan fingerprint density at radius 3 is 2.45 bits per heavy atom.